The van der Waals surface area contributed by atoms with Gasteiger partial charge in [-0.3, -0.25) is 0 Å². The number of hydrogen-bond donors (Lipinski definition) is 1. The molecule has 0 fully saturated rings. The van der Waals surface area contributed by atoms with Crippen LogP contribution < -0.4 is 5.32 Å². The predicted molar refractivity (Wildman–Crippen MR) is 60.9 cm³/mol. The molecule has 2 aromatic rings. The van der Waals surface area contributed by atoms with Gasteiger partial charge in [-0.1, -0.05) is 16.8 Å². The first-order chi connectivity index (χ1) is 7.79. The molecule has 0 saturated heterocycles. The normalized spacial score (nSPS) is 10.6. The van der Waals surface area contributed by atoms with Gasteiger partial charge in [0, 0.05) is 10.6 Å². The predicted octanol–water partition coefficient (Wildman–Crippen LogP) is 1.47. The summed E-state index contributed by atoms with van der Waals surface area (Å²) in [4.78, 5) is 4.30. The highest BCUT2D eigenvalue weighted by atomic mass is 35.5. The number of hydrogen-bond acceptors (Lipinski definition) is 3. The van der Waals surface area contributed by atoms with E-state index in [0.717, 1.165) is 18.7 Å². The van der Waals surface area contributed by atoms with Crippen molar-refractivity contribution in [1.29, 1.82) is 0 Å². The number of nitrogens with zero attached hydrogens (tertiary/aromatic N) is 2. The Bertz CT molecular complexity index is 453. The van der Waals surface area contributed by atoms with Crippen molar-refractivity contribution >= 4 is 11.6 Å². The first-order valence-electron chi connectivity index (χ1n) is 5.20. The third kappa shape index (κ3) is 2.59. The lowest BCUT2D eigenvalue weighted by atomic mass is 10.2. The second-order valence-electron chi connectivity index (χ2n) is 3.42. The minimum atomic E-state index is 0.608. The van der Waals surface area contributed by atoms with Crippen LogP contribution >= 0.6 is 11.6 Å². The molecule has 84 valence electrons. The summed E-state index contributed by atoms with van der Waals surface area (Å²) in [5, 5.41) is 6.72. The van der Waals surface area contributed by atoms with E-state index in [-0.39, 0.29) is 0 Å². The van der Waals surface area contributed by atoms with Crippen LogP contribution in [-0.4, -0.2) is 16.7 Å². The standard InChI is InChI=1S/C11H12ClN3O/c1-2-13-7-10-14-11(15-16-10)8-3-5-9(12)6-4-8/h3-6,13H,2,7H2,1H3/p+1. The van der Waals surface area contributed by atoms with Crippen molar-refractivity contribution in [2.45, 2.75) is 13.5 Å². The molecule has 1 aromatic heterocycles. The number of aromatic nitrogens is 2. The molecule has 0 bridgehead atoms. The van der Waals surface area contributed by atoms with Gasteiger partial charge in [0.15, 0.2) is 6.54 Å². The van der Waals surface area contributed by atoms with E-state index in [9.17, 15) is 0 Å². The molecule has 0 spiro atoms. The van der Waals surface area contributed by atoms with Crippen molar-refractivity contribution in [3.63, 3.8) is 0 Å². The summed E-state index contributed by atoms with van der Waals surface area (Å²) in [6, 6.07) is 7.37. The monoisotopic (exact) mass is 238 g/mol. The maximum atomic E-state index is 5.80. The third-order valence-electron chi connectivity index (χ3n) is 2.18. The molecule has 4 nitrogen and oxygen atoms in total. The average Bonchev–Trinajstić information content (AvgIpc) is 2.76. The fraction of sp³-hybridized carbons (Fsp3) is 0.273. The Morgan fingerprint density at radius 2 is 2.06 bits per heavy atom. The number of halogens is 1. The van der Waals surface area contributed by atoms with Crippen molar-refractivity contribution < 1.29 is 9.84 Å². The summed E-state index contributed by atoms with van der Waals surface area (Å²) >= 11 is 5.80. The number of nitrogens with two attached hydrogens (primary N) is 1. The first kappa shape index (κ1) is 11.1. The second kappa shape index (κ2) is 5.09. The summed E-state index contributed by atoms with van der Waals surface area (Å²) in [5.74, 6) is 1.25. The van der Waals surface area contributed by atoms with Crippen LogP contribution in [0.5, 0.6) is 0 Å². The average molecular weight is 239 g/mol. The number of quaternary nitrogens is 1. The van der Waals surface area contributed by atoms with Crippen molar-refractivity contribution in [2.24, 2.45) is 0 Å². The molecule has 16 heavy (non-hydrogen) atoms. The molecular formula is C11H13ClN3O+. The first-order valence-corrected chi connectivity index (χ1v) is 5.57. The van der Waals surface area contributed by atoms with Crippen LogP contribution in [0.2, 0.25) is 5.02 Å². The summed E-state index contributed by atoms with van der Waals surface area (Å²) in [7, 11) is 0. The maximum absolute atomic E-state index is 5.80. The molecular weight excluding hydrogens is 226 g/mol. The van der Waals surface area contributed by atoms with Gasteiger partial charge in [0.05, 0.1) is 6.54 Å². The van der Waals surface area contributed by atoms with E-state index in [1.165, 1.54) is 0 Å². The molecule has 1 aromatic carbocycles. The zero-order valence-electron chi connectivity index (χ0n) is 8.98. The fourth-order valence-corrected chi connectivity index (χ4v) is 1.45. The number of benzene rings is 1. The Labute approximate surface area is 98.6 Å². The highest BCUT2D eigenvalue weighted by Crippen LogP contribution is 2.18. The van der Waals surface area contributed by atoms with E-state index in [0.29, 0.717) is 16.7 Å². The molecule has 1 heterocycles. The van der Waals surface area contributed by atoms with Crippen LogP contribution in [0.25, 0.3) is 11.4 Å². The van der Waals surface area contributed by atoms with Crippen LogP contribution in [-0.2, 0) is 6.54 Å². The van der Waals surface area contributed by atoms with Crippen LogP contribution in [0.3, 0.4) is 0 Å². The molecule has 2 N–H and O–H groups in total. The van der Waals surface area contributed by atoms with Crippen molar-refractivity contribution in [1.82, 2.24) is 10.1 Å². The van der Waals surface area contributed by atoms with E-state index in [4.69, 9.17) is 16.1 Å². The van der Waals surface area contributed by atoms with Gasteiger partial charge in [-0.2, -0.15) is 4.98 Å². The van der Waals surface area contributed by atoms with Crippen molar-refractivity contribution in [3.05, 3.63) is 35.2 Å². The molecule has 5 heteroatoms. The lowest BCUT2D eigenvalue weighted by Gasteiger charge is -1.93. The SMILES string of the molecule is CC[NH2+]Cc1nc(-c2ccc(Cl)cc2)no1. The molecule has 2 rings (SSSR count). The van der Waals surface area contributed by atoms with Crippen LogP contribution in [0.4, 0.5) is 0 Å². The second-order valence-corrected chi connectivity index (χ2v) is 3.86. The van der Waals surface area contributed by atoms with E-state index in [1.54, 1.807) is 0 Å². The quantitative estimate of drug-likeness (QED) is 0.878. The Hall–Kier alpha value is -1.39. The maximum Gasteiger partial charge on any atom is 0.282 e. The minimum Gasteiger partial charge on any atom is -0.339 e. The summed E-state index contributed by atoms with van der Waals surface area (Å²) in [5.41, 5.74) is 0.913. The summed E-state index contributed by atoms with van der Waals surface area (Å²) in [6.07, 6.45) is 0. The van der Waals surface area contributed by atoms with Crippen molar-refractivity contribution in [2.75, 3.05) is 6.54 Å². The van der Waals surface area contributed by atoms with Gasteiger partial charge < -0.3 is 9.84 Å². The Morgan fingerprint density at radius 3 is 2.75 bits per heavy atom. The summed E-state index contributed by atoms with van der Waals surface area (Å²) in [6.45, 7) is 3.80. The Morgan fingerprint density at radius 1 is 1.31 bits per heavy atom. The zero-order valence-corrected chi connectivity index (χ0v) is 9.74. The largest absolute Gasteiger partial charge is 0.339 e. The fourth-order valence-electron chi connectivity index (χ4n) is 1.32. The lowest BCUT2D eigenvalue weighted by molar-refractivity contribution is -0.670. The molecule has 0 atom stereocenters. The van der Waals surface area contributed by atoms with E-state index < -0.39 is 0 Å². The van der Waals surface area contributed by atoms with Crippen LogP contribution in [0, 0.1) is 0 Å². The zero-order chi connectivity index (χ0) is 11.4. The van der Waals surface area contributed by atoms with Gasteiger partial charge >= 0.3 is 0 Å². The van der Waals surface area contributed by atoms with Gasteiger partial charge in [0.1, 0.15) is 0 Å². The van der Waals surface area contributed by atoms with Crippen LogP contribution in [0.15, 0.2) is 28.8 Å². The molecule has 0 amide bonds. The van der Waals surface area contributed by atoms with Gasteiger partial charge in [0.25, 0.3) is 5.89 Å². The van der Waals surface area contributed by atoms with Gasteiger partial charge in [-0.25, -0.2) is 0 Å². The molecule has 0 aliphatic rings. The molecule has 0 aliphatic heterocycles. The van der Waals surface area contributed by atoms with Crippen molar-refractivity contribution in [3.8, 4) is 11.4 Å². The van der Waals surface area contributed by atoms with E-state index >= 15 is 0 Å². The van der Waals surface area contributed by atoms with E-state index in [2.05, 4.69) is 22.4 Å². The smallest absolute Gasteiger partial charge is 0.282 e. The highest BCUT2D eigenvalue weighted by Gasteiger charge is 2.08. The Kier molecular flexibility index (Phi) is 3.54. The molecule has 0 unspecified atom stereocenters. The molecule has 0 saturated carbocycles. The highest BCUT2D eigenvalue weighted by molar-refractivity contribution is 6.30. The van der Waals surface area contributed by atoms with E-state index in [1.807, 2.05) is 24.3 Å². The number of rotatable bonds is 4. The topological polar surface area (TPSA) is 55.5 Å². The molecule has 0 radical (unpaired) electrons. The van der Waals surface area contributed by atoms with Gasteiger partial charge in [0.2, 0.25) is 5.82 Å². The lowest BCUT2D eigenvalue weighted by Crippen LogP contribution is -2.81. The third-order valence-corrected chi connectivity index (χ3v) is 2.43. The molecule has 0 aliphatic carbocycles. The summed E-state index contributed by atoms with van der Waals surface area (Å²) < 4.78 is 5.13. The van der Waals surface area contributed by atoms with Gasteiger partial charge in [-0.15, -0.1) is 0 Å². The Balaban J connectivity index is 2.15. The van der Waals surface area contributed by atoms with Crippen LogP contribution in [0.1, 0.15) is 12.8 Å². The minimum absolute atomic E-state index is 0.608. The van der Waals surface area contributed by atoms with Gasteiger partial charge in [-0.05, 0) is 31.2 Å².